The zero-order valence-corrected chi connectivity index (χ0v) is 14.9. The average molecular weight is 379 g/mol. The maximum atomic E-state index is 11.7. The molecule has 2 aromatic rings. The molecule has 5 nitrogen and oxygen atoms in total. The van der Waals surface area contributed by atoms with Crippen LogP contribution in [0.15, 0.2) is 50.6 Å². The van der Waals surface area contributed by atoms with E-state index in [1.54, 1.807) is 12.1 Å². The summed E-state index contributed by atoms with van der Waals surface area (Å²) in [5.74, 6) is 0.828. The third kappa shape index (κ3) is 5.25. The Hall–Kier alpha value is -2.08. The van der Waals surface area contributed by atoms with Gasteiger partial charge in [0.25, 0.3) is 5.91 Å². The van der Waals surface area contributed by atoms with Crippen LogP contribution >= 0.6 is 15.9 Å². The molecule has 0 atom stereocenters. The van der Waals surface area contributed by atoms with Crippen molar-refractivity contribution < 1.29 is 13.9 Å². The smallest absolute Gasteiger partial charge is 0.277 e. The fraction of sp³-hybridized carbons (Fsp3) is 0.294. The summed E-state index contributed by atoms with van der Waals surface area (Å²) >= 11 is 3.47. The molecule has 1 aromatic carbocycles. The number of halogens is 1. The normalized spacial score (nSPS) is 11.7. The van der Waals surface area contributed by atoms with E-state index >= 15 is 0 Å². The summed E-state index contributed by atoms with van der Waals surface area (Å²) in [6.07, 6.45) is 2.96. The molecule has 0 unspecified atom stereocenters. The Morgan fingerprint density at radius 1 is 1.39 bits per heavy atom. The predicted octanol–water partition coefficient (Wildman–Crippen LogP) is 3.87. The first-order valence-electron chi connectivity index (χ1n) is 7.14. The van der Waals surface area contributed by atoms with Crippen LogP contribution in [0.4, 0.5) is 0 Å². The Kier molecular flexibility index (Phi) is 5.60. The van der Waals surface area contributed by atoms with Crippen molar-refractivity contribution in [2.24, 2.45) is 5.10 Å². The molecule has 0 saturated carbocycles. The van der Waals surface area contributed by atoms with Crippen LogP contribution in [0.5, 0.6) is 5.75 Å². The summed E-state index contributed by atoms with van der Waals surface area (Å²) < 4.78 is 11.4. The van der Waals surface area contributed by atoms with Gasteiger partial charge in [-0.15, -0.1) is 0 Å². The lowest BCUT2D eigenvalue weighted by molar-refractivity contribution is -0.123. The van der Waals surface area contributed by atoms with Crippen LogP contribution in [-0.2, 0) is 10.2 Å². The van der Waals surface area contributed by atoms with E-state index in [1.165, 1.54) is 18.0 Å². The second-order valence-electron chi connectivity index (χ2n) is 5.99. The van der Waals surface area contributed by atoms with Crippen LogP contribution in [0.25, 0.3) is 0 Å². The fourth-order valence-corrected chi connectivity index (χ4v) is 2.29. The third-order valence-electron chi connectivity index (χ3n) is 3.08. The maximum Gasteiger partial charge on any atom is 0.277 e. The lowest BCUT2D eigenvalue weighted by Gasteiger charge is -2.20. The van der Waals surface area contributed by atoms with Crippen molar-refractivity contribution in [2.45, 2.75) is 26.2 Å². The van der Waals surface area contributed by atoms with Crippen molar-refractivity contribution in [3.63, 3.8) is 0 Å². The summed E-state index contributed by atoms with van der Waals surface area (Å²) in [6.45, 7) is 6.29. The minimum absolute atomic E-state index is 0.0546. The van der Waals surface area contributed by atoms with E-state index in [0.29, 0.717) is 11.5 Å². The highest BCUT2D eigenvalue weighted by molar-refractivity contribution is 9.10. The van der Waals surface area contributed by atoms with E-state index in [4.69, 9.17) is 9.15 Å². The summed E-state index contributed by atoms with van der Waals surface area (Å²) in [5, 5.41) is 3.78. The Balaban J connectivity index is 1.87. The number of amides is 1. The van der Waals surface area contributed by atoms with Gasteiger partial charge in [-0.25, -0.2) is 5.43 Å². The molecule has 1 amide bonds. The molecule has 0 aliphatic rings. The van der Waals surface area contributed by atoms with Gasteiger partial charge in [0.1, 0.15) is 11.5 Å². The van der Waals surface area contributed by atoms with E-state index in [1.807, 2.05) is 18.2 Å². The number of furan rings is 1. The molecule has 122 valence electrons. The number of benzene rings is 1. The van der Waals surface area contributed by atoms with E-state index in [-0.39, 0.29) is 17.9 Å². The summed E-state index contributed by atoms with van der Waals surface area (Å²) in [5.41, 5.74) is 3.62. The topological polar surface area (TPSA) is 63.8 Å². The van der Waals surface area contributed by atoms with Crippen LogP contribution in [0.3, 0.4) is 0 Å². The van der Waals surface area contributed by atoms with Gasteiger partial charge in [0, 0.05) is 0 Å². The second-order valence-corrected chi connectivity index (χ2v) is 6.85. The number of hydrazone groups is 1. The largest absolute Gasteiger partial charge is 0.483 e. The summed E-state index contributed by atoms with van der Waals surface area (Å²) in [6, 6.07) is 9.32. The van der Waals surface area contributed by atoms with Gasteiger partial charge in [-0.3, -0.25) is 4.79 Å². The number of nitrogens with one attached hydrogen (secondary N) is 1. The minimum atomic E-state index is -0.348. The zero-order chi connectivity index (χ0) is 16.9. The molecule has 0 fully saturated rings. The van der Waals surface area contributed by atoms with Crippen LogP contribution in [0.1, 0.15) is 32.1 Å². The standard InChI is InChI=1S/C17H19BrN2O3/c1-17(2,3)12-6-7-15(14(18)9-12)23-11-16(21)20-19-10-13-5-4-8-22-13/h4-10H,11H2,1-3H3,(H,20,21)/b19-10-. The lowest BCUT2D eigenvalue weighted by Crippen LogP contribution is -2.24. The van der Waals surface area contributed by atoms with Gasteiger partial charge >= 0.3 is 0 Å². The molecule has 1 aromatic heterocycles. The Morgan fingerprint density at radius 3 is 2.78 bits per heavy atom. The summed E-state index contributed by atoms with van der Waals surface area (Å²) in [4.78, 5) is 11.7. The van der Waals surface area contributed by atoms with Crippen LogP contribution in [-0.4, -0.2) is 18.7 Å². The number of ether oxygens (including phenoxy) is 1. The van der Waals surface area contributed by atoms with E-state index in [9.17, 15) is 4.79 Å². The number of hydrogen-bond acceptors (Lipinski definition) is 4. The van der Waals surface area contributed by atoms with Gasteiger partial charge in [0.05, 0.1) is 17.0 Å². The molecule has 6 heteroatoms. The first kappa shape index (κ1) is 17.3. The monoisotopic (exact) mass is 378 g/mol. The van der Waals surface area contributed by atoms with E-state index < -0.39 is 0 Å². The van der Waals surface area contributed by atoms with Crippen molar-refractivity contribution in [1.29, 1.82) is 0 Å². The quantitative estimate of drug-likeness (QED) is 0.634. The average Bonchev–Trinajstić information content (AvgIpc) is 2.98. The van der Waals surface area contributed by atoms with Gasteiger partial charge in [-0.05, 0) is 51.2 Å². The van der Waals surface area contributed by atoms with Crippen molar-refractivity contribution in [3.8, 4) is 5.75 Å². The van der Waals surface area contributed by atoms with Crippen molar-refractivity contribution in [3.05, 3.63) is 52.4 Å². The van der Waals surface area contributed by atoms with Gasteiger partial charge < -0.3 is 9.15 Å². The molecule has 0 radical (unpaired) electrons. The molecule has 0 bridgehead atoms. The van der Waals surface area contributed by atoms with Gasteiger partial charge in [0.15, 0.2) is 6.61 Å². The first-order chi connectivity index (χ1) is 10.9. The predicted molar refractivity (Wildman–Crippen MR) is 92.8 cm³/mol. The molecule has 0 aliphatic carbocycles. The maximum absolute atomic E-state index is 11.7. The second kappa shape index (κ2) is 7.46. The molecule has 1 N–H and O–H groups in total. The highest BCUT2D eigenvalue weighted by Gasteiger charge is 2.15. The minimum Gasteiger partial charge on any atom is -0.483 e. The highest BCUT2D eigenvalue weighted by atomic mass is 79.9. The Morgan fingerprint density at radius 2 is 2.17 bits per heavy atom. The Labute approximate surface area is 143 Å². The molecular formula is C17H19BrN2O3. The SMILES string of the molecule is CC(C)(C)c1ccc(OCC(=O)N/N=C\c2ccco2)c(Br)c1. The van der Waals surface area contributed by atoms with Crippen molar-refractivity contribution in [1.82, 2.24) is 5.43 Å². The van der Waals surface area contributed by atoms with Crippen LogP contribution in [0, 0.1) is 0 Å². The van der Waals surface area contributed by atoms with Gasteiger partial charge in [0.2, 0.25) is 0 Å². The molecule has 0 spiro atoms. The zero-order valence-electron chi connectivity index (χ0n) is 13.3. The number of nitrogens with zero attached hydrogens (tertiary/aromatic N) is 1. The number of hydrogen-bond donors (Lipinski definition) is 1. The van der Waals surface area contributed by atoms with E-state index in [0.717, 1.165) is 4.47 Å². The van der Waals surface area contributed by atoms with Gasteiger partial charge in [-0.2, -0.15) is 5.10 Å². The molecule has 0 saturated heterocycles. The molecule has 2 rings (SSSR count). The van der Waals surface area contributed by atoms with Crippen molar-refractivity contribution in [2.75, 3.05) is 6.61 Å². The Bertz CT molecular complexity index is 688. The molecule has 23 heavy (non-hydrogen) atoms. The fourth-order valence-electron chi connectivity index (χ4n) is 1.79. The first-order valence-corrected chi connectivity index (χ1v) is 7.94. The third-order valence-corrected chi connectivity index (χ3v) is 3.70. The van der Waals surface area contributed by atoms with Gasteiger partial charge in [-0.1, -0.05) is 26.8 Å². The summed E-state index contributed by atoms with van der Waals surface area (Å²) in [7, 11) is 0. The molecule has 1 heterocycles. The number of rotatable bonds is 5. The van der Waals surface area contributed by atoms with Crippen LogP contribution < -0.4 is 10.2 Å². The number of carbonyl (C=O) groups excluding carboxylic acids is 1. The van der Waals surface area contributed by atoms with E-state index in [2.05, 4.69) is 47.2 Å². The van der Waals surface area contributed by atoms with Crippen LogP contribution in [0.2, 0.25) is 0 Å². The molecular weight excluding hydrogens is 360 g/mol. The highest BCUT2D eigenvalue weighted by Crippen LogP contribution is 2.31. The number of carbonyl (C=O) groups is 1. The van der Waals surface area contributed by atoms with Crippen molar-refractivity contribution >= 4 is 28.1 Å². The molecule has 0 aliphatic heterocycles. The lowest BCUT2D eigenvalue weighted by atomic mass is 9.87.